The molecule has 1 aromatic carbocycles. The second kappa shape index (κ2) is 10.9. The van der Waals surface area contributed by atoms with Gasteiger partial charge in [0.2, 0.25) is 11.8 Å². The number of hydrogen-bond acceptors (Lipinski definition) is 6. The number of nitrogens with one attached hydrogen (secondary N) is 2. The van der Waals surface area contributed by atoms with Crippen LogP contribution in [0.1, 0.15) is 81.7 Å². The average molecular weight is 581 g/mol. The number of halogens is 1. The highest BCUT2D eigenvalue weighted by molar-refractivity contribution is 6.00. The minimum atomic E-state index is -1.11. The number of rotatable bonds is 5. The van der Waals surface area contributed by atoms with Crippen molar-refractivity contribution < 1.29 is 14.0 Å². The van der Waals surface area contributed by atoms with Crippen LogP contribution >= 0.6 is 0 Å². The van der Waals surface area contributed by atoms with Crippen molar-refractivity contribution >= 4 is 22.8 Å². The normalized spacial score (nSPS) is 27.8. The number of aromatic nitrogens is 2. The Labute approximate surface area is 246 Å². The number of amides is 2. The Bertz CT molecular complexity index is 1400. The molecule has 0 radical (unpaired) electrons. The van der Waals surface area contributed by atoms with E-state index in [9.17, 15) is 14.4 Å². The molecule has 4 saturated heterocycles. The number of carbonyl (C=O) groups excluding carboxylic acids is 2. The largest absolute Gasteiger partial charge is 0.329 e. The van der Waals surface area contributed by atoms with E-state index in [1.165, 1.54) is 25.7 Å². The minimum Gasteiger partial charge on any atom is -0.317 e. The van der Waals surface area contributed by atoms with Gasteiger partial charge in [-0.2, -0.15) is 0 Å². The lowest BCUT2D eigenvalue weighted by Gasteiger charge is -2.55. The molecule has 1 atom stereocenters. The summed E-state index contributed by atoms with van der Waals surface area (Å²) in [5, 5.41) is 5.87. The van der Waals surface area contributed by atoms with E-state index in [0.717, 1.165) is 68.7 Å². The number of para-hydroxylation sites is 1. The van der Waals surface area contributed by atoms with Gasteiger partial charge >= 0.3 is 5.69 Å². The van der Waals surface area contributed by atoms with Gasteiger partial charge in [-0.25, -0.2) is 9.18 Å². The summed E-state index contributed by atoms with van der Waals surface area (Å²) in [6, 6.07) is 5.93. The number of aryl methyl sites for hydroxylation is 1. The van der Waals surface area contributed by atoms with Crippen molar-refractivity contribution in [3.8, 4) is 0 Å². The summed E-state index contributed by atoms with van der Waals surface area (Å²) in [4.78, 5) is 42.5. The van der Waals surface area contributed by atoms with E-state index in [1.54, 1.807) is 16.2 Å². The van der Waals surface area contributed by atoms with Gasteiger partial charge in [-0.05, 0) is 107 Å². The van der Waals surface area contributed by atoms with Crippen LogP contribution in [0.3, 0.4) is 0 Å². The maximum Gasteiger partial charge on any atom is 0.329 e. The van der Waals surface area contributed by atoms with Crippen molar-refractivity contribution in [2.24, 2.45) is 12.5 Å². The molecule has 1 spiro atoms. The minimum absolute atomic E-state index is 0.227. The van der Waals surface area contributed by atoms with Crippen LogP contribution in [0.2, 0.25) is 0 Å². The van der Waals surface area contributed by atoms with Crippen molar-refractivity contribution in [1.29, 1.82) is 0 Å². The van der Waals surface area contributed by atoms with E-state index >= 15 is 4.39 Å². The summed E-state index contributed by atoms with van der Waals surface area (Å²) in [6.45, 7) is 6.27. The van der Waals surface area contributed by atoms with E-state index in [0.29, 0.717) is 37.3 Å². The lowest BCUT2D eigenvalue weighted by atomic mass is 9.60. The first-order valence-corrected chi connectivity index (χ1v) is 16.1. The molecule has 9 nitrogen and oxygen atoms in total. The first kappa shape index (κ1) is 28.2. The molecule has 1 saturated carbocycles. The number of imide groups is 1. The Morgan fingerprint density at radius 3 is 2.36 bits per heavy atom. The molecule has 4 aliphatic heterocycles. The zero-order chi connectivity index (χ0) is 29.1. The summed E-state index contributed by atoms with van der Waals surface area (Å²) >= 11 is 0. The maximum atomic E-state index is 16.1. The van der Waals surface area contributed by atoms with E-state index in [-0.39, 0.29) is 23.9 Å². The lowest BCUT2D eigenvalue weighted by Crippen LogP contribution is -2.58. The third-order valence-electron chi connectivity index (χ3n) is 11.4. The molecule has 10 heteroatoms. The molecule has 1 aromatic heterocycles. The van der Waals surface area contributed by atoms with Crippen LogP contribution in [0.15, 0.2) is 23.0 Å². The second-order valence-corrected chi connectivity index (χ2v) is 13.9. The maximum absolute atomic E-state index is 16.1. The zero-order valence-corrected chi connectivity index (χ0v) is 24.9. The van der Waals surface area contributed by atoms with Gasteiger partial charge in [-0.1, -0.05) is 12.1 Å². The number of likely N-dealkylation sites (tertiary alicyclic amines) is 2. The van der Waals surface area contributed by atoms with Crippen molar-refractivity contribution in [2.75, 3.05) is 45.8 Å². The molecule has 0 bridgehead atoms. The Hall–Kier alpha value is -2.56. The number of hydrogen-bond donors (Lipinski definition) is 2. The highest BCUT2D eigenvalue weighted by Gasteiger charge is 2.48. The Balaban J connectivity index is 0.969. The fourth-order valence-electron chi connectivity index (χ4n) is 8.84. The van der Waals surface area contributed by atoms with Crippen LogP contribution in [0.25, 0.3) is 11.0 Å². The number of carbonyl (C=O) groups is 2. The van der Waals surface area contributed by atoms with Crippen LogP contribution in [-0.2, 0) is 16.6 Å². The molecular formula is C32H45FN6O3. The SMILES string of the molecule is Cn1c(=O)n(C2CCC(=O)NC2=O)c2cccc(C3CCN(CC4(F)CCN(C5CC6(CCNCC6)C5)CC4)CC3)c21. The smallest absolute Gasteiger partial charge is 0.317 e. The van der Waals surface area contributed by atoms with Gasteiger partial charge in [-0.3, -0.25) is 24.0 Å². The quantitative estimate of drug-likeness (QED) is 0.529. The molecular weight excluding hydrogens is 535 g/mol. The number of imidazole rings is 1. The Kier molecular flexibility index (Phi) is 7.30. The van der Waals surface area contributed by atoms with Crippen LogP contribution in [0.4, 0.5) is 4.39 Å². The predicted molar refractivity (Wildman–Crippen MR) is 159 cm³/mol. The van der Waals surface area contributed by atoms with E-state index < -0.39 is 17.6 Å². The topological polar surface area (TPSA) is 91.6 Å². The molecule has 2 amide bonds. The molecule has 228 valence electrons. The van der Waals surface area contributed by atoms with E-state index in [1.807, 2.05) is 12.1 Å². The molecule has 5 fully saturated rings. The molecule has 1 unspecified atom stereocenters. The summed E-state index contributed by atoms with van der Waals surface area (Å²) in [5.74, 6) is -0.433. The molecule has 42 heavy (non-hydrogen) atoms. The molecule has 1 aliphatic carbocycles. The zero-order valence-electron chi connectivity index (χ0n) is 24.9. The standard InChI is InChI=1S/C32H45FN6O3/c1-36-28-24(3-2-4-25(28)39(30(36)42)26-5-6-27(40)35-29(26)41)22-7-15-37(16-8-22)21-32(33)11-17-38(18-12-32)23-19-31(20-23)9-13-34-14-10-31/h2-4,22-23,26,34H,5-21H2,1H3,(H,35,40,41). The molecule has 5 heterocycles. The fourth-order valence-corrected chi connectivity index (χ4v) is 8.84. The first-order valence-electron chi connectivity index (χ1n) is 16.1. The number of piperidine rings is 4. The molecule has 2 N–H and O–H groups in total. The van der Waals surface area contributed by atoms with Gasteiger partial charge in [0.1, 0.15) is 11.7 Å². The van der Waals surface area contributed by atoms with Gasteiger partial charge in [0.15, 0.2) is 0 Å². The van der Waals surface area contributed by atoms with Crippen molar-refractivity contribution in [1.82, 2.24) is 29.6 Å². The van der Waals surface area contributed by atoms with Crippen molar-refractivity contribution in [3.63, 3.8) is 0 Å². The summed E-state index contributed by atoms with van der Waals surface area (Å²) in [7, 11) is 1.76. The van der Waals surface area contributed by atoms with Gasteiger partial charge in [0, 0.05) is 39.1 Å². The number of benzene rings is 1. The average Bonchev–Trinajstić information content (AvgIpc) is 3.22. The van der Waals surface area contributed by atoms with E-state index in [2.05, 4.69) is 26.5 Å². The van der Waals surface area contributed by atoms with E-state index in [4.69, 9.17) is 0 Å². The first-order chi connectivity index (χ1) is 20.2. The Morgan fingerprint density at radius 2 is 1.67 bits per heavy atom. The highest BCUT2D eigenvalue weighted by Crippen LogP contribution is 2.50. The van der Waals surface area contributed by atoms with Gasteiger partial charge in [-0.15, -0.1) is 0 Å². The van der Waals surface area contributed by atoms with Gasteiger partial charge < -0.3 is 15.1 Å². The predicted octanol–water partition coefficient (Wildman–Crippen LogP) is 2.83. The monoisotopic (exact) mass is 580 g/mol. The lowest BCUT2D eigenvalue weighted by molar-refractivity contribution is -0.135. The molecule has 7 rings (SSSR count). The number of fused-ring (bicyclic) bond motifs is 1. The van der Waals surface area contributed by atoms with Gasteiger partial charge in [0.25, 0.3) is 0 Å². The van der Waals surface area contributed by atoms with Crippen LogP contribution in [-0.4, -0.2) is 88.3 Å². The van der Waals surface area contributed by atoms with Crippen molar-refractivity contribution in [2.45, 2.75) is 87.9 Å². The Morgan fingerprint density at radius 1 is 0.952 bits per heavy atom. The third kappa shape index (κ3) is 5.03. The third-order valence-corrected chi connectivity index (χ3v) is 11.4. The fraction of sp³-hybridized carbons (Fsp3) is 0.719. The number of alkyl halides is 1. The summed E-state index contributed by atoms with van der Waals surface area (Å²) < 4.78 is 19.3. The van der Waals surface area contributed by atoms with Crippen LogP contribution in [0.5, 0.6) is 0 Å². The van der Waals surface area contributed by atoms with Gasteiger partial charge in [0.05, 0.1) is 11.0 Å². The summed E-state index contributed by atoms with van der Waals surface area (Å²) in [5.41, 5.74) is 1.94. The highest BCUT2D eigenvalue weighted by atomic mass is 19.1. The second-order valence-electron chi connectivity index (χ2n) is 13.9. The number of nitrogens with zero attached hydrogens (tertiary/aromatic N) is 4. The van der Waals surface area contributed by atoms with Crippen LogP contribution in [0, 0.1) is 5.41 Å². The van der Waals surface area contributed by atoms with Crippen LogP contribution < -0.4 is 16.3 Å². The molecule has 5 aliphatic rings. The van der Waals surface area contributed by atoms with Crippen molar-refractivity contribution in [3.05, 3.63) is 34.2 Å². The summed E-state index contributed by atoms with van der Waals surface area (Å²) in [6.07, 6.45) is 8.86. The molecule has 2 aromatic rings.